The Morgan fingerprint density at radius 3 is 2.21 bits per heavy atom. The van der Waals surface area contributed by atoms with E-state index >= 15 is 0 Å². The lowest BCUT2D eigenvalue weighted by molar-refractivity contribution is -0.138. The number of hydrogen-bond donors (Lipinski definition) is 4. The number of nitrogens with two attached hydrogens (primary N) is 3. The second-order valence-electron chi connectivity index (χ2n) is 7.77. The number of sulfonamides is 1. The standard InChI is InChI=1S/C25H25N3O5S/c1-2-20(25(30)31)18-5-3-4-15(12-18)6-7-16-13-21(23(26)22(14-16)24(27)29)17-8-10-19(11-9-17)34(28,32)33/h3-14,20H,2,26H2,1H3,(H2,27,29)(H,30,31)(H2,28,32,33)/b7-6+. The second kappa shape index (κ2) is 9.90. The molecule has 0 aromatic heterocycles. The molecule has 0 aliphatic carbocycles. The monoisotopic (exact) mass is 479 g/mol. The first kappa shape index (κ1) is 24.7. The second-order valence-corrected chi connectivity index (χ2v) is 9.33. The Balaban J connectivity index is 2.03. The molecule has 0 saturated carbocycles. The summed E-state index contributed by atoms with van der Waals surface area (Å²) >= 11 is 0. The van der Waals surface area contributed by atoms with E-state index in [0.29, 0.717) is 28.7 Å². The average molecular weight is 480 g/mol. The Morgan fingerprint density at radius 1 is 1.00 bits per heavy atom. The number of carbonyl (C=O) groups excluding carboxylic acids is 1. The largest absolute Gasteiger partial charge is 0.481 e. The molecule has 0 radical (unpaired) electrons. The van der Waals surface area contributed by atoms with Gasteiger partial charge in [-0.15, -0.1) is 0 Å². The van der Waals surface area contributed by atoms with Crippen molar-refractivity contribution < 1.29 is 23.1 Å². The molecule has 176 valence electrons. The number of carbonyl (C=O) groups is 2. The Labute approximate surface area is 197 Å². The topological polar surface area (TPSA) is 167 Å². The first-order valence-electron chi connectivity index (χ1n) is 10.4. The summed E-state index contributed by atoms with van der Waals surface area (Å²) in [6, 6.07) is 16.3. The number of carboxylic acids is 1. The Kier molecular flexibility index (Phi) is 7.19. The third kappa shape index (κ3) is 5.51. The van der Waals surface area contributed by atoms with Crippen LogP contribution in [-0.4, -0.2) is 25.4 Å². The lowest BCUT2D eigenvalue weighted by atomic mass is 9.94. The minimum atomic E-state index is -3.85. The molecule has 0 spiro atoms. The van der Waals surface area contributed by atoms with Gasteiger partial charge in [-0.1, -0.05) is 55.5 Å². The van der Waals surface area contributed by atoms with Crippen molar-refractivity contribution in [3.63, 3.8) is 0 Å². The van der Waals surface area contributed by atoms with Gasteiger partial charge >= 0.3 is 5.97 Å². The summed E-state index contributed by atoms with van der Waals surface area (Å²) in [6.45, 7) is 1.82. The molecule has 0 saturated heterocycles. The van der Waals surface area contributed by atoms with Gasteiger partial charge in [-0.2, -0.15) is 0 Å². The van der Waals surface area contributed by atoms with E-state index in [4.69, 9.17) is 16.6 Å². The highest BCUT2D eigenvalue weighted by Gasteiger charge is 2.17. The molecule has 1 atom stereocenters. The maximum absolute atomic E-state index is 12.0. The van der Waals surface area contributed by atoms with Gasteiger partial charge in [0.25, 0.3) is 5.91 Å². The molecule has 3 aromatic rings. The number of amides is 1. The van der Waals surface area contributed by atoms with Gasteiger partial charge in [-0.3, -0.25) is 9.59 Å². The molecule has 1 unspecified atom stereocenters. The van der Waals surface area contributed by atoms with Gasteiger partial charge in [0.2, 0.25) is 10.0 Å². The van der Waals surface area contributed by atoms with Crippen molar-refractivity contribution in [2.75, 3.05) is 5.73 Å². The fourth-order valence-corrected chi connectivity index (χ4v) is 4.18. The molecule has 3 aromatic carbocycles. The van der Waals surface area contributed by atoms with Crippen LogP contribution in [0.2, 0.25) is 0 Å². The molecular weight excluding hydrogens is 454 g/mol. The molecule has 9 heteroatoms. The van der Waals surface area contributed by atoms with Crippen LogP contribution in [-0.2, 0) is 14.8 Å². The normalized spacial score (nSPS) is 12.5. The van der Waals surface area contributed by atoms with Crippen LogP contribution >= 0.6 is 0 Å². The van der Waals surface area contributed by atoms with Crippen molar-refractivity contribution in [3.05, 3.63) is 82.9 Å². The Morgan fingerprint density at radius 2 is 1.65 bits per heavy atom. The third-order valence-corrected chi connectivity index (χ3v) is 6.38. The predicted octanol–water partition coefficient (Wildman–Crippen LogP) is 3.43. The van der Waals surface area contributed by atoms with E-state index in [9.17, 15) is 23.1 Å². The van der Waals surface area contributed by atoms with Crippen molar-refractivity contribution in [2.45, 2.75) is 24.2 Å². The molecule has 1 amide bonds. The quantitative estimate of drug-likeness (QED) is 0.285. The van der Waals surface area contributed by atoms with Gasteiger partial charge in [0.1, 0.15) is 0 Å². The minimum absolute atomic E-state index is 0.0485. The summed E-state index contributed by atoms with van der Waals surface area (Å²) < 4.78 is 23.1. The summed E-state index contributed by atoms with van der Waals surface area (Å²) in [6.07, 6.45) is 4.02. The maximum atomic E-state index is 12.0. The van der Waals surface area contributed by atoms with Crippen molar-refractivity contribution >= 4 is 39.7 Å². The molecule has 0 heterocycles. The lowest BCUT2D eigenvalue weighted by Crippen LogP contribution is -2.14. The highest BCUT2D eigenvalue weighted by molar-refractivity contribution is 7.89. The number of anilines is 1. The van der Waals surface area contributed by atoms with E-state index < -0.39 is 27.8 Å². The molecule has 0 aliphatic rings. The molecular formula is C25H25N3O5S. The van der Waals surface area contributed by atoms with E-state index in [0.717, 1.165) is 5.56 Å². The zero-order chi connectivity index (χ0) is 25.0. The zero-order valence-electron chi connectivity index (χ0n) is 18.4. The van der Waals surface area contributed by atoms with Crippen molar-refractivity contribution in [1.82, 2.24) is 0 Å². The van der Waals surface area contributed by atoms with E-state index in [-0.39, 0.29) is 16.1 Å². The number of carboxylic acid groups (broad SMARTS) is 1. The van der Waals surface area contributed by atoms with Crippen LogP contribution in [0.4, 0.5) is 5.69 Å². The summed E-state index contributed by atoms with van der Waals surface area (Å²) in [5, 5.41) is 14.6. The molecule has 0 fully saturated rings. The number of primary sulfonamides is 1. The Hall–Kier alpha value is -3.95. The minimum Gasteiger partial charge on any atom is -0.481 e. The highest BCUT2D eigenvalue weighted by Crippen LogP contribution is 2.32. The molecule has 8 nitrogen and oxygen atoms in total. The molecule has 7 N–H and O–H groups in total. The molecule has 34 heavy (non-hydrogen) atoms. The fraction of sp³-hybridized carbons (Fsp3) is 0.120. The summed E-state index contributed by atoms with van der Waals surface area (Å²) in [5.74, 6) is -2.19. The predicted molar refractivity (Wildman–Crippen MR) is 132 cm³/mol. The van der Waals surface area contributed by atoms with Gasteiger partial charge < -0.3 is 16.6 Å². The maximum Gasteiger partial charge on any atom is 0.310 e. The molecule has 0 aliphatic heterocycles. The van der Waals surface area contributed by atoms with Gasteiger partial charge in [0.05, 0.1) is 22.1 Å². The number of hydrogen-bond acceptors (Lipinski definition) is 5. The highest BCUT2D eigenvalue weighted by atomic mass is 32.2. The smallest absolute Gasteiger partial charge is 0.310 e. The first-order chi connectivity index (χ1) is 16.0. The van der Waals surface area contributed by atoms with E-state index in [2.05, 4.69) is 0 Å². The lowest BCUT2D eigenvalue weighted by Gasteiger charge is -2.12. The van der Waals surface area contributed by atoms with Crippen molar-refractivity contribution in [1.29, 1.82) is 0 Å². The van der Waals surface area contributed by atoms with Gasteiger partial charge in [0.15, 0.2) is 0 Å². The van der Waals surface area contributed by atoms with Crippen LogP contribution < -0.4 is 16.6 Å². The summed E-state index contributed by atoms with van der Waals surface area (Å²) in [7, 11) is -3.85. The average Bonchev–Trinajstić information content (AvgIpc) is 2.78. The van der Waals surface area contributed by atoms with E-state index in [1.807, 2.05) is 13.0 Å². The van der Waals surface area contributed by atoms with Gasteiger partial charge in [-0.05, 0) is 52.9 Å². The van der Waals surface area contributed by atoms with Crippen LogP contribution in [0.3, 0.4) is 0 Å². The zero-order valence-corrected chi connectivity index (χ0v) is 19.2. The molecule has 3 rings (SSSR count). The third-order valence-electron chi connectivity index (χ3n) is 5.45. The van der Waals surface area contributed by atoms with E-state index in [1.54, 1.807) is 54.6 Å². The number of rotatable bonds is 8. The van der Waals surface area contributed by atoms with Crippen LogP contribution in [0.1, 0.15) is 46.3 Å². The number of aliphatic carboxylic acids is 1. The van der Waals surface area contributed by atoms with Crippen molar-refractivity contribution in [3.8, 4) is 11.1 Å². The van der Waals surface area contributed by atoms with Crippen LogP contribution in [0, 0.1) is 0 Å². The summed E-state index contributed by atoms with van der Waals surface area (Å²) in [4.78, 5) is 23.4. The van der Waals surface area contributed by atoms with Gasteiger partial charge in [0, 0.05) is 5.56 Å². The number of nitrogen functional groups attached to an aromatic ring is 1. The summed E-state index contributed by atoms with van der Waals surface area (Å²) in [5.41, 5.74) is 15.2. The number of primary amides is 1. The van der Waals surface area contributed by atoms with E-state index in [1.165, 1.54) is 12.1 Å². The Bertz CT molecular complexity index is 1380. The molecule has 0 bridgehead atoms. The SMILES string of the molecule is CCC(C(=O)O)c1cccc(/C=C/c2cc(C(N)=O)c(N)c(-c3ccc(S(N)(=O)=O)cc3)c2)c1. The first-order valence-corrected chi connectivity index (χ1v) is 11.9. The van der Waals surface area contributed by atoms with Crippen molar-refractivity contribution in [2.24, 2.45) is 10.9 Å². The van der Waals surface area contributed by atoms with Crippen LogP contribution in [0.25, 0.3) is 23.3 Å². The van der Waals surface area contributed by atoms with Crippen LogP contribution in [0.5, 0.6) is 0 Å². The number of benzene rings is 3. The van der Waals surface area contributed by atoms with Crippen LogP contribution in [0.15, 0.2) is 65.6 Å². The van der Waals surface area contributed by atoms with Gasteiger partial charge in [-0.25, -0.2) is 13.6 Å². The fourth-order valence-electron chi connectivity index (χ4n) is 3.66.